The highest BCUT2D eigenvalue weighted by Gasteiger charge is 2.06. The summed E-state index contributed by atoms with van der Waals surface area (Å²) in [6, 6.07) is 5.38. The zero-order chi connectivity index (χ0) is 10.6. The van der Waals surface area contributed by atoms with Gasteiger partial charge in [0.15, 0.2) is 6.29 Å². The van der Waals surface area contributed by atoms with Crippen LogP contribution in [0.2, 0.25) is 0 Å². The van der Waals surface area contributed by atoms with Crippen molar-refractivity contribution in [3.63, 3.8) is 0 Å². The molecular weight excluding hydrogens is 196 g/mol. The van der Waals surface area contributed by atoms with Crippen LogP contribution in [0.4, 0.5) is 0 Å². The van der Waals surface area contributed by atoms with E-state index in [9.17, 15) is 9.59 Å². The normalized spacial score (nSPS) is 9.86. The minimum Gasteiger partial charge on any atom is -0.294 e. The Hall–Kier alpha value is -1.09. The van der Waals surface area contributed by atoms with E-state index in [1.807, 2.05) is 19.2 Å². The number of benzene rings is 1. The van der Waals surface area contributed by atoms with Crippen LogP contribution in [-0.2, 0) is 11.2 Å². The first kappa shape index (κ1) is 11.0. The van der Waals surface area contributed by atoms with Gasteiger partial charge in [-0.15, -0.1) is 11.8 Å². The number of aldehydes is 1. The first-order valence-corrected chi connectivity index (χ1v) is 5.61. The summed E-state index contributed by atoms with van der Waals surface area (Å²) in [5, 5.41) is 0. The summed E-state index contributed by atoms with van der Waals surface area (Å²) in [7, 11) is 0. The van der Waals surface area contributed by atoms with Crippen LogP contribution in [-0.4, -0.2) is 18.3 Å². The summed E-state index contributed by atoms with van der Waals surface area (Å²) in [5.74, 6) is -0.452. The molecular formula is C11H12O2S. The van der Waals surface area contributed by atoms with Gasteiger partial charge in [0, 0.05) is 10.5 Å². The predicted octanol–water partition coefficient (Wildman–Crippen LogP) is 2.35. The quantitative estimate of drug-likeness (QED) is 0.330. The minimum atomic E-state index is -0.452. The average molecular weight is 208 g/mol. The fourth-order valence-electron chi connectivity index (χ4n) is 1.28. The number of hydrogen-bond donors (Lipinski definition) is 0. The largest absolute Gasteiger partial charge is 0.294 e. The topological polar surface area (TPSA) is 34.1 Å². The van der Waals surface area contributed by atoms with Gasteiger partial charge in [0.1, 0.15) is 0 Å². The highest BCUT2D eigenvalue weighted by Crippen LogP contribution is 2.22. The highest BCUT2D eigenvalue weighted by atomic mass is 32.2. The van der Waals surface area contributed by atoms with Gasteiger partial charge in [-0.1, -0.05) is 6.92 Å². The molecule has 14 heavy (non-hydrogen) atoms. The van der Waals surface area contributed by atoms with E-state index in [4.69, 9.17) is 0 Å². The zero-order valence-electron chi connectivity index (χ0n) is 8.24. The lowest BCUT2D eigenvalue weighted by Crippen LogP contribution is -2.01. The molecule has 2 nitrogen and oxygen atoms in total. The summed E-state index contributed by atoms with van der Waals surface area (Å²) >= 11 is 1.65. The Kier molecular flexibility index (Phi) is 3.89. The van der Waals surface area contributed by atoms with Gasteiger partial charge in [0.25, 0.3) is 0 Å². The van der Waals surface area contributed by atoms with Crippen molar-refractivity contribution < 1.29 is 9.59 Å². The Morgan fingerprint density at radius 1 is 1.50 bits per heavy atom. The van der Waals surface area contributed by atoms with E-state index in [1.54, 1.807) is 23.9 Å². The van der Waals surface area contributed by atoms with E-state index in [2.05, 4.69) is 0 Å². The van der Waals surface area contributed by atoms with Crippen LogP contribution in [0.5, 0.6) is 0 Å². The third kappa shape index (κ3) is 2.23. The van der Waals surface area contributed by atoms with Crippen LogP contribution < -0.4 is 0 Å². The molecule has 1 aromatic rings. The maximum Gasteiger partial charge on any atom is 0.225 e. The molecule has 0 aliphatic carbocycles. The van der Waals surface area contributed by atoms with Gasteiger partial charge in [-0.2, -0.15) is 0 Å². The van der Waals surface area contributed by atoms with E-state index < -0.39 is 5.78 Å². The van der Waals surface area contributed by atoms with Crippen LogP contribution in [0, 0.1) is 0 Å². The molecule has 0 aliphatic rings. The van der Waals surface area contributed by atoms with Crippen molar-refractivity contribution >= 4 is 23.8 Å². The molecule has 0 saturated heterocycles. The molecule has 0 N–H and O–H groups in total. The van der Waals surface area contributed by atoms with E-state index in [-0.39, 0.29) is 0 Å². The summed E-state index contributed by atoms with van der Waals surface area (Å²) < 4.78 is 0. The molecule has 1 aromatic carbocycles. The SMILES string of the molecule is CCc1cc(C(=O)C=O)ccc1SC. The molecule has 0 amide bonds. The van der Waals surface area contributed by atoms with Crippen LogP contribution in [0.15, 0.2) is 23.1 Å². The molecule has 0 fully saturated rings. The molecule has 0 bridgehead atoms. The number of carbonyl (C=O) groups is 2. The first-order chi connectivity index (χ1) is 6.72. The second-order valence-electron chi connectivity index (χ2n) is 2.86. The molecule has 0 unspecified atom stereocenters. The Bertz CT molecular complexity index is 358. The van der Waals surface area contributed by atoms with E-state index in [0.29, 0.717) is 11.8 Å². The Balaban J connectivity index is 3.13. The maximum atomic E-state index is 11.1. The molecule has 3 heteroatoms. The fourth-order valence-corrected chi connectivity index (χ4v) is 1.95. The molecule has 0 aromatic heterocycles. The van der Waals surface area contributed by atoms with Gasteiger partial charge in [-0.25, -0.2) is 0 Å². The summed E-state index contributed by atoms with van der Waals surface area (Å²) in [4.78, 5) is 22.6. The van der Waals surface area contributed by atoms with Crippen molar-refractivity contribution in [2.75, 3.05) is 6.26 Å². The lowest BCUT2D eigenvalue weighted by molar-refractivity contribution is -0.104. The predicted molar refractivity (Wildman–Crippen MR) is 58.0 cm³/mol. The van der Waals surface area contributed by atoms with Crippen molar-refractivity contribution in [2.45, 2.75) is 18.2 Å². The van der Waals surface area contributed by atoms with E-state index >= 15 is 0 Å². The molecule has 0 radical (unpaired) electrons. The number of carbonyl (C=O) groups excluding carboxylic acids is 2. The number of Topliss-reactive ketones (excluding diaryl/α,β-unsaturated/α-hetero) is 1. The van der Waals surface area contributed by atoms with Gasteiger partial charge >= 0.3 is 0 Å². The average Bonchev–Trinajstić information content (AvgIpc) is 2.26. The number of thioether (sulfide) groups is 1. The smallest absolute Gasteiger partial charge is 0.225 e. The van der Waals surface area contributed by atoms with Gasteiger partial charge in [-0.05, 0) is 36.4 Å². The Morgan fingerprint density at radius 3 is 2.71 bits per heavy atom. The number of hydrogen-bond acceptors (Lipinski definition) is 3. The van der Waals surface area contributed by atoms with Crippen LogP contribution >= 0.6 is 11.8 Å². The number of aryl methyl sites for hydroxylation is 1. The monoisotopic (exact) mass is 208 g/mol. The summed E-state index contributed by atoms with van der Waals surface area (Å²) in [6.45, 7) is 2.03. The molecule has 74 valence electrons. The molecule has 0 atom stereocenters. The van der Waals surface area contributed by atoms with Gasteiger partial charge in [0.05, 0.1) is 0 Å². The maximum absolute atomic E-state index is 11.1. The first-order valence-electron chi connectivity index (χ1n) is 4.39. The zero-order valence-corrected chi connectivity index (χ0v) is 9.06. The van der Waals surface area contributed by atoms with Crippen molar-refractivity contribution in [1.29, 1.82) is 0 Å². The summed E-state index contributed by atoms with van der Waals surface area (Å²) in [5.41, 5.74) is 1.60. The lowest BCUT2D eigenvalue weighted by Gasteiger charge is -2.05. The second-order valence-corrected chi connectivity index (χ2v) is 3.71. The van der Waals surface area contributed by atoms with Gasteiger partial charge < -0.3 is 0 Å². The van der Waals surface area contributed by atoms with Crippen LogP contribution in [0.1, 0.15) is 22.8 Å². The fraction of sp³-hybridized carbons (Fsp3) is 0.273. The van der Waals surface area contributed by atoms with Crippen LogP contribution in [0.3, 0.4) is 0 Å². The highest BCUT2D eigenvalue weighted by molar-refractivity contribution is 7.98. The Morgan fingerprint density at radius 2 is 2.21 bits per heavy atom. The Labute approximate surface area is 87.7 Å². The minimum absolute atomic E-state index is 0.355. The van der Waals surface area contributed by atoms with Crippen molar-refractivity contribution in [2.24, 2.45) is 0 Å². The van der Waals surface area contributed by atoms with Gasteiger partial charge in [0.2, 0.25) is 5.78 Å². The number of rotatable bonds is 4. The summed E-state index contributed by atoms with van der Waals surface area (Å²) in [6.07, 6.45) is 3.22. The number of ketones is 1. The lowest BCUT2D eigenvalue weighted by atomic mass is 10.1. The molecule has 0 heterocycles. The van der Waals surface area contributed by atoms with Gasteiger partial charge in [-0.3, -0.25) is 9.59 Å². The molecule has 0 spiro atoms. The van der Waals surface area contributed by atoms with E-state index in [1.165, 1.54) is 0 Å². The second kappa shape index (κ2) is 4.96. The van der Waals surface area contributed by atoms with Crippen LogP contribution in [0.25, 0.3) is 0 Å². The van der Waals surface area contributed by atoms with E-state index in [0.717, 1.165) is 16.9 Å². The molecule has 0 aliphatic heterocycles. The third-order valence-electron chi connectivity index (χ3n) is 2.05. The molecule has 0 saturated carbocycles. The van der Waals surface area contributed by atoms with Crippen molar-refractivity contribution in [3.05, 3.63) is 29.3 Å². The van der Waals surface area contributed by atoms with Crippen molar-refractivity contribution in [1.82, 2.24) is 0 Å². The third-order valence-corrected chi connectivity index (χ3v) is 2.89. The molecule has 1 rings (SSSR count). The van der Waals surface area contributed by atoms with Crippen molar-refractivity contribution in [3.8, 4) is 0 Å². The standard InChI is InChI=1S/C11H12O2S/c1-3-8-6-9(10(13)7-12)4-5-11(8)14-2/h4-7H,3H2,1-2H3.